The number of benzene rings is 1. The van der Waals surface area contributed by atoms with E-state index in [4.69, 9.17) is 4.74 Å². The van der Waals surface area contributed by atoms with Crippen molar-refractivity contribution in [3.8, 4) is 5.75 Å². The second kappa shape index (κ2) is 9.21. The number of hydrogen-bond donors (Lipinski definition) is 2. The molecular weight excluding hydrogens is 382 g/mol. The van der Waals surface area contributed by atoms with Crippen LogP contribution in [0, 0.1) is 13.8 Å². The fraction of sp³-hybridized carbons (Fsp3) is 0.273. The molecule has 0 fully saturated rings. The topological polar surface area (TPSA) is 97.1 Å². The zero-order valence-corrected chi connectivity index (χ0v) is 17.5. The fourth-order valence-electron chi connectivity index (χ4n) is 2.92. The molecule has 0 radical (unpaired) electrons. The molecule has 30 heavy (non-hydrogen) atoms. The summed E-state index contributed by atoms with van der Waals surface area (Å²) in [5.74, 6) is 0.0704. The summed E-state index contributed by atoms with van der Waals surface area (Å²) < 4.78 is 7.20. The van der Waals surface area contributed by atoms with Gasteiger partial charge in [0.2, 0.25) is 0 Å². The van der Waals surface area contributed by atoms with Gasteiger partial charge in [-0.15, -0.1) is 0 Å². The molecule has 8 nitrogen and oxygen atoms in total. The molecule has 0 spiro atoms. The Labute approximate surface area is 175 Å². The highest BCUT2D eigenvalue weighted by atomic mass is 16.5. The Hall–Kier alpha value is -3.68. The van der Waals surface area contributed by atoms with Gasteiger partial charge in [0.25, 0.3) is 11.8 Å². The van der Waals surface area contributed by atoms with Crippen LogP contribution in [0.4, 0.5) is 0 Å². The summed E-state index contributed by atoms with van der Waals surface area (Å²) in [5, 5.41) is 6.79. The van der Waals surface area contributed by atoms with Crippen molar-refractivity contribution in [2.24, 2.45) is 5.10 Å². The molecule has 0 aliphatic carbocycles. The number of hydrogen-bond acceptors (Lipinski definition) is 5. The maximum Gasteiger partial charge on any atom is 0.290 e. The number of hydrazone groups is 1. The van der Waals surface area contributed by atoms with E-state index in [-0.39, 0.29) is 24.5 Å². The first-order chi connectivity index (χ1) is 14.3. The highest BCUT2D eigenvalue weighted by molar-refractivity contribution is 5.95. The highest BCUT2D eigenvalue weighted by Gasteiger charge is 2.16. The van der Waals surface area contributed by atoms with Gasteiger partial charge in [-0.2, -0.15) is 5.10 Å². The molecule has 156 valence electrons. The van der Waals surface area contributed by atoms with Crippen molar-refractivity contribution in [2.45, 2.75) is 33.7 Å². The van der Waals surface area contributed by atoms with Crippen LogP contribution in [0.15, 0.2) is 47.7 Å². The predicted octanol–water partition coefficient (Wildman–Crippen LogP) is 2.62. The zero-order chi connectivity index (χ0) is 21.7. The van der Waals surface area contributed by atoms with Gasteiger partial charge in [0, 0.05) is 12.2 Å². The first kappa shape index (κ1) is 21.0. The number of ether oxygens (including phenoxy) is 1. The van der Waals surface area contributed by atoms with Crippen LogP contribution in [0.5, 0.6) is 5.75 Å². The van der Waals surface area contributed by atoms with Crippen molar-refractivity contribution in [3.05, 3.63) is 65.1 Å². The Kier molecular flexibility index (Phi) is 6.46. The number of imidazole rings is 1. The molecule has 0 atom stereocenters. The number of nitrogens with zero attached hydrogens (tertiary/aromatic N) is 3. The molecule has 3 aromatic rings. The summed E-state index contributed by atoms with van der Waals surface area (Å²) in [6.07, 6.45) is 3.41. The maximum atomic E-state index is 12.6. The minimum Gasteiger partial charge on any atom is -0.484 e. The van der Waals surface area contributed by atoms with Crippen LogP contribution in [-0.2, 0) is 4.79 Å². The quantitative estimate of drug-likeness (QED) is 0.465. The molecule has 0 aliphatic heterocycles. The van der Waals surface area contributed by atoms with Crippen molar-refractivity contribution < 1.29 is 14.3 Å². The first-order valence-corrected chi connectivity index (χ1v) is 9.64. The average Bonchev–Trinajstić information content (AvgIpc) is 3.01. The molecule has 1 aromatic carbocycles. The Morgan fingerprint density at radius 1 is 1.17 bits per heavy atom. The number of carbonyl (C=O) groups is 2. The molecule has 0 saturated heterocycles. The molecule has 0 bridgehead atoms. The van der Waals surface area contributed by atoms with Crippen LogP contribution in [0.25, 0.3) is 5.65 Å². The highest BCUT2D eigenvalue weighted by Crippen LogP contribution is 2.14. The molecule has 2 aromatic heterocycles. The first-order valence-electron chi connectivity index (χ1n) is 9.64. The normalized spacial score (nSPS) is 11.2. The smallest absolute Gasteiger partial charge is 0.290 e. The van der Waals surface area contributed by atoms with Gasteiger partial charge >= 0.3 is 0 Å². The zero-order valence-electron chi connectivity index (χ0n) is 17.5. The van der Waals surface area contributed by atoms with Crippen molar-refractivity contribution in [1.29, 1.82) is 0 Å². The number of fused-ring (bicyclic) bond motifs is 1. The monoisotopic (exact) mass is 407 g/mol. The molecule has 2 amide bonds. The number of pyridine rings is 1. The molecule has 8 heteroatoms. The lowest BCUT2D eigenvalue weighted by atomic mass is 10.2. The molecule has 0 unspecified atom stereocenters. The molecule has 0 aliphatic rings. The lowest BCUT2D eigenvalue weighted by Gasteiger charge is -2.09. The summed E-state index contributed by atoms with van der Waals surface area (Å²) in [4.78, 5) is 28.6. The van der Waals surface area contributed by atoms with Crippen molar-refractivity contribution in [2.75, 3.05) is 6.61 Å². The van der Waals surface area contributed by atoms with Crippen LogP contribution in [0.1, 0.15) is 41.2 Å². The van der Waals surface area contributed by atoms with E-state index in [1.165, 1.54) is 6.21 Å². The number of carbonyl (C=O) groups excluding carboxylic acids is 2. The van der Waals surface area contributed by atoms with Gasteiger partial charge in [-0.1, -0.05) is 6.07 Å². The summed E-state index contributed by atoms with van der Waals surface area (Å²) in [7, 11) is 0. The largest absolute Gasteiger partial charge is 0.484 e. The van der Waals surface area contributed by atoms with Gasteiger partial charge in [0.1, 0.15) is 17.1 Å². The third-order valence-electron chi connectivity index (χ3n) is 4.24. The van der Waals surface area contributed by atoms with E-state index < -0.39 is 0 Å². The van der Waals surface area contributed by atoms with Crippen LogP contribution in [0.3, 0.4) is 0 Å². The minimum atomic E-state index is -0.335. The number of amides is 2. The lowest BCUT2D eigenvalue weighted by molar-refractivity contribution is -0.123. The second-order valence-corrected chi connectivity index (χ2v) is 7.26. The SMILES string of the molecule is Cc1ccc2nc(C)c(C(=O)N/N=C\c3ccc(OCC(=O)NC(C)C)cc3)n2c1. The van der Waals surface area contributed by atoms with E-state index in [1.807, 2.05) is 39.1 Å². The van der Waals surface area contributed by atoms with Crippen LogP contribution < -0.4 is 15.5 Å². The number of aryl methyl sites for hydroxylation is 2. The second-order valence-electron chi connectivity index (χ2n) is 7.26. The summed E-state index contributed by atoms with van der Waals surface area (Å²) in [6.45, 7) is 7.49. The van der Waals surface area contributed by atoms with Gasteiger partial charge in [0.15, 0.2) is 6.61 Å². The number of rotatable bonds is 7. The molecule has 3 rings (SSSR count). The Morgan fingerprint density at radius 2 is 1.90 bits per heavy atom. The summed E-state index contributed by atoms with van der Waals surface area (Å²) in [6, 6.07) is 10.9. The fourth-order valence-corrected chi connectivity index (χ4v) is 2.92. The van der Waals surface area contributed by atoms with Gasteiger partial charge < -0.3 is 10.1 Å². The van der Waals surface area contributed by atoms with Gasteiger partial charge in [-0.25, -0.2) is 10.4 Å². The predicted molar refractivity (Wildman–Crippen MR) is 115 cm³/mol. The number of aromatic nitrogens is 2. The lowest BCUT2D eigenvalue weighted by Crippen LogP contribution is -2.34. The van der Waals surface area contributed by atoms with E-state index in [9.17, 15) is 9.59 Å². The van der Waals surface area contributed by atoms with Crippen LogP contribution in [-0.4, -0.2) is 40.1 Å². The minimum absolute atomic E-state index is 0.0419. The van der Waals surface area contributed by atoms with Crippen LogP contribution in [0.2, 0.25) is 0 Å². The molecule has 2 heterocycles. The molecule has 0 saturated carbocycles. The third kappa shape index (κ3) is 5.22. The van der Waals surface area contributed by atoms with Gasteiger partial charge in [-0.3, -0.25) is 14.0 Å². The summed E-state index contributed by atoms with van der Waals surface area (Å²) >= 11 is 0. The van der Waals surface area contributed by atoms with E-state index >= 15 is 0 Å². The standard InChI is InChI=1S/C22H25N5O3/c1-14(2)24-20(28)13-30-18-8-6-17(7-9-18)11-23-26-22(29)21-16(4)25-19-10-5-15(3)12-27(19)21/h5-12,14H,13H2,1-4H3,(H,24,28)(H,26,29)/b23-11-. The van der Waals surface area contributed by atoms with Gasteiger partial charge in [0.05, 0.1) is 11.9 Å². The van der Waals surface area contributed by atoms with E-state index in [1.54, 1.807) is 35.6 Å². The molecule has 2 N–H and O–H groups in total. The Morgan fingerprint density at radius 3 is 2.60 bits per heavy atom. The van der Waals surface area contributed by atoms with Crippen LogP contribution >= 0.6 is 0 Å². The number of nitrogens with one attached hydrogen (secondary N) is 2. The van der Waals surface area contributed by atoms with Crippen molar-refractivity contribution in [1.82, 2.24) is 20.1 Å². The van der Waals surface area contributed by atoms with E-state index in [2.05, 4.69) is 20.8 Å². The maximum absolute atomic E-state index is 12.6. The van der Waals surface area contributed by atoms with Gasteiger partial charge in [-0.05, 0) is 69.2 Å². The third-order valence-corrected chi connectivity index (χ3v) is 4.24. The summed E-state index contributed by atoms with van der Waals surface area (Å²) in [5.41, 5.74) is 6.15. The Balaban J connectivity index is 1.59. The van der Waals surface area contributed by atoms with Crippen molar-refractivity contribution >= 4 is 23.7 Å². The Bertz CT molecular complexity index is 1080. The van der Waals surface area contributed by atoms with E-state index in [0.717, 1.165) is 11.1 Å². The average molecular weight is 407 g/mol. The molecular formula is C22H25N5O3. The van der Waals surface area contributed by atoms with E-state index in [0.29, 0.717) is 22.8 Å². The van der Waals surface area contributed by atoms with Crippen molar-refractivity contribution in [3.63, 3.8) is 0 Å².